The Bertz CT molecular complexity index is 379. The Morgan fingerprint density at radius 1 is 1.35 bits per heavy atom. The summed E-state index contributed by atoms with van der Waals surface area (Å²) < 4.78 is 10.4. The first kappa shape index (κ1) is 13.5. The van der Waals surface area contributed by atoms with Gasteiger partial charge in [0.2, 0.25) is 0 Å². The fourth-order valence-electron chi connectivity index (χ4n) is 1.36. The van der Waals surface area contributed by atoms with Crippen LogP contribution in [-0.2, 0) is 4.74 Å². The third-order valence-electron chi connectivity index (χ3n) is 2.42. The maximum absolute atomic E-state index is 11.9. The third kappa shape index (κ3) is 4.04. The van der Waals surface area contributed by atoms with Gasteiger partial charge in [-0.15, -0.1) is 0 Å². The second-order valence-corrected chi connectivity index (χ2v) is 3.64. The second kappa shape index (κ2) is 6.86. The number of carbonyl (C=O) groups is 1. The van der Waals surface area contributed by atoms with Crippen molar-refractivity contribution in [2.75, 3.05) is 13.7 Å². The zero-order valence-corrected chi connectivity index (χ0v) is 10.5. The Balaban J connectivity index is 2.61. The van der Waals surface area contributed by atoms with Crippen molar-refractivity contribution in [2.24, 2.45) is 0 Å². The van der Waals surface area contributed by atoms with Crippen molar-refractivity contribution in [3.05, 3.63) is 42.0 Å². The molecule has 0 spiro atoms. The van der Waals surface area contributed by atoms with Gasteiger partial charge < -0.3 is 9.47 Å². The Hall–Kier alpha value is -1.61. The normalized spacial score (nSPS) is 12.6. The first-order valence-electron chi connectivity index (χ1n) is 5.60. The summed E-state index contributed by atoms with van der Waals surface area (Å²) in [5.41, 5.74) is 0.638. The highest BCUT2D eigenvalue weighted by molar-refractivity contribution is 5.99. The summed E-state index contributed by atoms with van der Waals surface area (Å²) >= 11 is 0. The lowest BCUT2D eigenvalue weighted by Gasteiger charge is -2.10. The maximum atomic E-state index is 11.9. The molecule has 1 atom stereocenters. The SMILES string of the molecule is CC=CCOC(C)C(=O)c1ccc(OC)cc1. The molecule has 0 bridgehead atoms. The number of ether oxygens (including phenoxy) is 2. The van der Waals surface area contributed by atoms with Gasteiger partial charge in [-0.05, 0) is 38.1 Å². The molecule has 0 saturated heterocycles. The number of allylic oxidation sites excluding steroid dienone is 1. The zero-order chi connectivity index (χ0) is 12.7. The van der Waals surface area contributed by atoms with Gasteiger partial charge >= 0.3 is 0 Å². The summed E-state index contributed by atoms with van der Waals surface area (Å²) in [4.78, 5) is 11.9. The summed E-state index contributed by atoms with van der Waals surface area (Å²) in [6.45, 7) is 4.13. The van der Waals surface area contributed by atoms with Gasteiger partial charge in [0.1, 0.15) is 11.9 Å². The van der Waals surface area contributed by atoms with Gasteiger partial charge in [0.05, 0.1) is 13.7 Å². The molecule has 1 aromatic carbocycles. The fraction of sp³-hybridized carbons (Fsp3) is 0.357. The van der Waals surface area contributed by atoms with Crippen LogP contribution in [-0.4, -0.2) is 25.6 Å². The predicted octanol–water partition coefficient (Wildman–Crippen LogP) is 2.86. The first-order chi connectivity index (χ1) is 8.19. The highest BCUT2D eigenvalue weighted by Crippen LogP contribution is 2.13. The molecule has 1 unspecified atom stereocenters. The maximum Gasteiger partial charge on any atom is 0.191 e. The number of benzene rings is 1. The van der Waals surface area contributed by atoms with Crippen LogP contribution >= 0.6 is 0 Å². The van der Waals surface area contributed by atoms with Crippen LogP contribution in [0.4, 0.5) is 0 Å². The molecular formula is C14H18O3. The van der Waals surface area contributed by atoms with Crippen molar-refractivity contribution in [1.29, 1.82) is 0 Å². The lowest BCUT2D eigenvalue weighted by molar-refractivity contribution is 0.0566. The van der Waals surface area contributed by atoms with E-state index in [-0.39, 0.29) is 5.78 Å². The van der Waals surface area contributed by atoms with Crippen LogP contribution in [0.1, 0.15) is 24.2 Å². The molecule has 3 nitrogen and oxygen atoms in total. The van der Waals surface area contributed by atoms with Crippen molar-refractivity contribution >= 4 is 5.78 Å². The molecule has 3 heteroatoms. The molecule has 1 rings (SSSR count). The minimum absolute atomic E-state index is 0.0165. The number of rotatable bonds is 6. The van der Waals surface area contributed by atoms with E-state index in [1.54, 1.807) is 38.3 Å². The molecule has 92 valence electrons. The van der Waals surface area contributed by atoms with E-state index in [2.05, 4.69) is 0 Å². The monoisotopic (exact) mass is 234 g/mol. The third-order valence-corrected chi connectivity index (χ3v) is 2.42. The molecule has 0 aliphatic rings. The molecule has 0 aliphatic heterocycles. The van der Waals surface area contributed by atoms with Gasteiger partial charge in [-0.1, -0.05) is 12.2 Å². The van der Waals surface area contributed by atoms with Gasteiger partial charge in [-0.25, -0.2) is 0 Å². The van der Waals surface area contributed by atoms with Gasteiger partial charge in [0.25, 0.3) is 0 Å². The lowest BCUT2D eigenvalue weighted by atomic mass is 10.1. The average molecular weight is 234 g/mol. The van der Waals surface area contributed by atoms with Crippen LogP contribution < -0.4 is 4.74 Å². The van der Waals surface area contributed by atoms with Crippen molar-refractivity contribution in [1.82, 2.24) is 0 Å². The predicted molar refractivity (Wildman–Crippen MR) is 67.6 cm³/mol. The van der Waals surface area contributed by atoms with Crippen molar-refractivity contribution in [3.63, 3.8) is 0 Å². The number of hydrogen-bond donors (Lipinski definition) is 0. The van der Waals surface area contributed by atoms with E-state index in [0.29, 0.717) is 12.2 Å². The number of carbonyl (C=O) groups excluding carboxylic acids is 1. The fourth-order valence-corrected chi connectivity index (χ4v) is 1.36. The van der Waals surface area contributed by atoms with Gasteiger partial charge in [-0.2, -0.15) is 0 Å². The number of hydrogen-bond acceptors (Lipinski definition) is 3. The van der Waals surface area contributed by atoms with E-state index >= 15 is 0 Å². The van der Waals surface area contributed by atoms with E-state index in [0.717, 1.165) is 5.75 Å². The summed E-state index contributed by atoms with van der Waals surface area (Å²) in [5, 5.41) is 0. The minimum Gasteiger partial charge on any atom is -0.497 e. The Morgan fingerprint density at radius 2 is 2.00 bits per heavy atom. The van der Waals surface area contributed by atoms with E-state index < -0.39 is 6.10 Å². The van der Waals surface area contributed by atoms with Gasteiger partial charge in [0, 0.05) is 5.56 Å². The van der Waals surface area contributed by atoms with E-state index in [4.69, 9.17) is 9.47 Å². The largest absolute Gasteiger partial charge is 0.497 e. The van der Waals surface area contributed by atoms with Crippen LogP contribution in [0, 0.1) is 0 Å². The molecule has 0 fully saturated rings. The molecule has 0 N–H and O–H groups in total. The highest BCUT2D eigenvalue weighted by Gasteiger charge is 2.14. The van der Waals surface area contributed by atoms with Crippen LogP contribution in [0.2, 0.25) is 0 Å². The van der Waals surface area contributed by atoms with Crippen molar-refractivity contribution < 1.29 is 14.3 Å². The Morgan fingerprint density at radius 3 is 2.53 bits per heavy atom. The summed E-state index contributed by atoms with van der Waals surface area (Å²) in [7, 11) is 1.60. The molecule has 0 aliphatic carbocycles. The molecule has 0 saturated carbocycles. The molecule has 0 heterocycles. The van der Waals surface area contributed by atoms with Crippen molar-refractivity contribution in [2.45, 2.75) is 20.0 Å². The van der Waals surface area contributed by atoms with Crippen LogP contribution in [0.15, 0.2) is 36.4 Å². The molecule has 0 radical (unpaired) electrons. The topological polar surface area (TPSA) is 35.5 Å². The summed E-state index contributed by atoms with van der Waals surface area (Å²) in [6, 6.07) is 7.03. The minimum atomic E-state index is -0.431. The number of ketones is 1. The quantitative estimate of drug-likeness (QED) is 0.561. The standard InChI is InChI=1S/C14H18O3/c1-4-5-10-17-11(2)14(15)12-6-8-13(16-3)9-7-12/h4-9,11H,10H2,1-3H3. The second-order valence-electron chi connectivity index (χ2n) is 3.64. The van der Waals surface area contributed by atoms with Gasteiger partial charge in [0.15, 0.2) is 5.78 Å². The number of Topliss-reactive ketones (excluding diaryl/α,β-unsaturated/α-hetero) is 1. The van der Waals surface area contributed by atoms with E-state index in [1.165, 1.54) is 0 Å². The van der Waals surface area contributed by atoms with E-state index in [9.17, 15) is 4.79 Å². The van der Waals surface area contributed by atoms with Crippen molar-refractivity contribution in [3.8, 4) is 5.75 Å². The molecule has 0 aromatic heterocycles. The smallest absolute Gasteiger partial charge is 0.191 e. The van der Waals surface area contributed by atoms with Crippen LogP contribution in [0.3, 0.4) is 0 Å². The zero-order valence-electron chi connectivity index (χ0n) is 10.5. The average Bonchev–Trinajstić information content (AvgIpc) is 2.38. The van der Waals surface area contributed by atoms with E-state index in [1.807, 2.05) is 19.1 Å². The summed E-state index contributed by atoms with van der Waals surface area (Å²) in [5.74, 6) is 0.723. The molecule has 0 amide bonds. The summed E-state index contributed by atoms with van der Waals surface area (Å²) in [6.07, 6.45) is 3.34. The Kier molecular flexibility index (Phi) is 5.43. The van der Waals surface area contributed by atoms with Crippen LogP contribution in [0.5, 0.6) is 5.75 Å². The Labute approximate surface area is 102 Å². The first-order valence-corrected chi connectivity index (χ1v) is 5.60. The highest BCUT2D eigenvalue weighted by atomic mass is 16.5. The van der Waals surface area contributed by atoms with Gasteiger partial charge in [-0.3, -0.25) is 4.79 Å². The molecule has 17 heavy (non-hydrogen) atoms. The molecular weight excluding hydrogens is 216 g/mol. The van der Waals surface area contributed by atoms with Crippen LogP contribution in [0.25, 0.3) is 0 Å². The lowest BCUT2D eigenvalue weighted by Crippen LogP contribution is -2.20. The molecule has 1 aromatic rings. The number of methoxy groups -OCH3 is 1.